The summed E-state index contributed by atoms with van der Waals surface area (Å²) in [5.41, 5.74) is 6.58. The lowest BCUT2D eigenvalue weighted by Crippen LogP contribution is -2.44. The zero-order valence-corrected chi connectivity index (χ0v) is 12.6. The molecule has 0 spiro atoms. The number of nitrogen functional groups attached to an aromatic ring is 1. The summed E-state index contributed by atoms with van der Waals surface area (Å²) in [4.78, 5) is 12.2. The Balaban J connectivity index is 2.86. The largest absolute Gasteiger partial charge is 0.495 e. The minimum absolute atomic E-state index is 0.0347. The van der Waals surface area contributed by atoms with Gasteiger partial charge in [0, 0.05) is 18.2 Å². The maximum atomic E-state index is 12.2. The number of rotatable bonds is 5. The van der Waals surface area contributed by atoms with Crippen LogP contribution in [0.4, 0.5) is 5.69 Å². The molecule has 0 heterocycles. The van der Waals surface area contributed by atoms with Gasteiger partial charge in [-0.1, -0.05) is 20.8 Å². The molecule has 5 nitrogen and oxygen atoms in total. The molecule has 0 radical (unpaired) electrons. The number of methoxy groups -OCH3 is 1. The topological polar surface area (TPSA) is 84.6 Å². The molecule has 0 aliphatic rings. The Morgan fingerprint density at radius 3 is 2.55 bits per heavy atom. The Hall–Kier alpha value is -1.75. The molecule has 1 amide bonds. The van der Waals surface area contributed by atoms with Crippen LogP contribution in [0.25, 0.3) is 0 Å². The second-order valence-electron chi connectivity index (χ2n) is 5.86. The average molecular weight is 280 g/mol. The number of carbonyl (C=O) groups is 1. The van der Waals surface area contributed by atoms with Gasteiger partial charge in [-0.25, -0.2) is 0 Å². The van der Waals surface area contributed by atoms with Gasteiger partial charge in [0.1, 0.15) is 5.75 Å². The Kier molecular flexibility index (Phi) is 5.39. The van der Waals surface area contributed by atoms with Crippen molar-refractivity contribution in [3.63, 3.8) is 0 Å². The number of nitrogens with one attached hydrogen (secondary N) is 1. The standard InChI is InChI=1S/C15H24N2O3/c1-15(2,3)13(7-8-18)17-14(19)10-5-6-12(20-4)11(16)9-10/h5-6,9,13,18H,7-8,16H2,1-4H3,(H,17,19). The van der Waals surface area contributed by atoms with E-state index in [0.717, 1.165) is 0 Å². The first-order valence-corrected chi connectivity index (χ1v) is 6.65. The summed E-state index contributed by atoms with van der Waals surface area (Å²) in [6, 6.07) is 4.82. The quantitative estimate of drug-likeness (QED) is 0.718. The monoisotopic (exact) mass is 280 g/mol. The SMILES string of the molecule is COc1ccc(C(=O)NC(CCO)C(C)(C)C)cc1N. The van der Waals surface area contributed by atoms with Crippen LogP contribution in [0.3, 0.4) is 0 Å². The predicted octanol–water partition coefficient (Wildman–Crippen LogP) is 1.80. The molecule has 20 heavy (non-hydrogen) atoms. The summed E-state index contributed by atoms with van der Waals surface area (Å²) < 4.78 is 5.06. The molecule has 0 aliphatic heterocycles. The van der Waals surface area contributed by atoms with E-state index in [4.69, 9.17) is 15.6 Å². The summed E-state index contributed by atoms with van der Waals surface area (Å²) in [5, 5.41) is 12.1. The van der Waals surface area contributed by atoms with E-state index in [9.17, 15) is 4.79 Å². The molecule has 1 rings (SSSR count). The minimum Gasteiger partial charge on any atom is -0.495 e. The molecule has 0 bridgehead atoms. The number of hydrogen-bond acceptors (Lipinski definition) is 4. The lowest BCUT2D eigenvalue weighted by molar-refractivity contribution is 0.0885. The van der Waals surface area contributed by atoms with Crippen LogP contribution >= 0.6 is 0 Å². The van der Waals surface area contributed by atoms with Crippen molar-refractivity contribution >= 4 is 11.6 Å². The number of anilines is 1. The van der Waals surface area contributed by atoms with E-state index >= 15 is 0 Å². The molecule has 0 aliphatic carbocycles. The molecule has 112 valence electrons. The van der Waals surface area contributed by atoms with Crippen molar-refractivity contribution in [3.05, 3.63) is 23.8 Å². The zero-order chi connectivity index (χ0) is 15.3. The highest BCUT2D eigenvalue weighted by atomic mass is 16.5. The Morgan fingerprint density at radius 2 is 2.10 bits per heavy atom. The third kappa shape index (κ3) is 4.13. The van der Waals surface area contributed by atoms with E-state index in [1.807, 2.05) is 20.8 Å². The number of carbonyl (C=O) groups excluding carboxylic acids is 1. The van der Waals surface area contributed by atoms with Crippen molar-refractivity contribution in [2.24, 2.45) is 5.41 Å². The van der Waals surface area contributed by atoms with Crippen LogP contribution in [0, 0.1) is 5.41 Å². The Morgan fingerprint density at radius 1 is 1.45 bits per heavy atom. The fraction of sp³-hybridized carbons (Fsp3) is 0.533. The van der Waals surface area contributed by atoms with Crippen molar-refractivity contribution < 1.29 is 14.6 Å². The fourth-order valence-electron chi connectivity index (χ4n) is 1.97. The van der Waals surface area contributed by atoms with Gasteiger partial charge in [-0.15, -0.1) is 0 Å². The van der Waals surface area contributed by atoms with Crippen LogP contribution < -0.4 is 15.8 Å². The molecule has 4 N–H and O–H groups in total. The number of nitrogens with two attached hydrogens (primary N) is 1. The van der Waals surface area contributed by atoms with Crippen LogP contribution in [0.1, 0.15) is 37.6 Å². The van der Waals surface area contributed by atoms with Crippen LogP contribution in [0.15, 0.2) is 18.2 Å². The van der Waals surface area contributed by atoms with Crippen molar-refractivity contribution in [2.75, 3.05) is 19.5 Å². The summed E-state index contributed by atoms with van der Waals surface area (Å²) in [6.07, 6.45) is 0.515. The lowest BCUT2D eigenvalue weighted by atomic mass is 9.84. The predicted molar refractivity (Wildman–Crippen MR) is 79.8 cm³/mol. The van der Waals surface area contributed by atoms with Gasteiger partial charge in [0.2, 0.25) is 0 Å². The van der Waals surface area contributed by atoms with Crippen LogP contribution in [0.2, 0.25) is 0 Å². The number of aliphatic hydroxyl groups is 1. The summed E-state index contributed by atoms with van der Waals surface area (Å²) in [6.45, 7) is 6.11. The number of ether oxygens (including phenoxy) is 1. The highest BCUT2D eigenvalue weighted by Crippen LogP contribution is 2.24. The van der Waals surface area contributed by atoms with Gasteiger partial charge in [-0.2, -0.15) is 0 Å². The third-order valence-electron chi connectivity index (χ3n) is 3.26. The fourth-order valence-corrected chi connectivity index (χ4v) is 1.97. The van der Waals surface area contributed by atoms with Gasteiger partial charge < -0.3 is 20.9 Å². The van der Waals surface area contributed by atoms with Gasteiger partial charge in [-0.3, -0.25) is 4.79 Å². The molecule has 0 saturated heterocycles. The normalized spacial score (nSPS) is 12.8. The van der Waals surface area contributed by atoms with Crippen molar-refractivity contribution in [1.82, 2.24) is 5.32 Å². The average Bonchev–Trinajstić information content (AvgIpc) is 2.36. The molecule has 5 heteroatoms. The maximum Gasteiger partial charge on any atom is 0.251 e. The molecule has 1 aromatic carbocycles. The molecule has 0 saturated carbocycles. The van der Waals surface area contributed by atoms with Crippen LogP contribution in [0.5, 0.6) is 5.75 Å². The molecular formula is C15H24N2O3. The van der Waals surface area contributed by atoms with Gasteiger partial charge in [0.25, 0.3) is 5.91 Å². The van der Waals surface area contributed by atoms with E-state index in [0.29, 0.717) is 23.4 Å². The van der Waals surface area contributed by atoms with Crippen molar-refractivity contribution in [3.8, 4) is 5.75 Å². The van der Waals surface area contributed by atoms with Crippen molar-refractivity contribution in [1.29, 1.82) is 0 Å². The summed E-state index contributed by atoms with van der Waals surface area (Å²) in [7, 11) is 1.53. The van der Waals surface area contributed by atoms with Gasteiger partial charge in [-0.05, 0) is 30.0 Å². The highest BCUT2D eigenvalue weighted by molar-refractivity contribution is 5.95. The van der Waals surface area contributed by atoms with E-state index in [-0.39, 0.29) is 24.0 Å². The summed E-state index contributed by atoms with van der Waals surface area (Å²) in [5.74, 6) is 0.344. The van der Waals surface area contributed by atoms with E-state index in [2.05, 4.69) is 5.32 Å². The first-order valence-electron chi connectivity index (χ1n) is 6.65. The molecule has 1 unspecified atom stereocenters. The second-order valence-corrected chi connectivity index (χ2v) is 5.86. The molecular weight excluding hydrogens is 256 g/mol. The Bertz CT molecular complexity index is 467. The van der Waals surface area contributed by atoms with Gasteiger partial charge >= 0.3 is 0 Å². The number of hydrogen-bond donors (Lipinski definition) is 3. The molecule has 1 atom stereocenters. The van der Waals surface area contributed by atoms with Crippen LogP contribution in [-0.4, -0.2) is 30.8 Å². The minimum atomic E-state index is -0.201. The maximum absolute atomic E-state index is 12.2. The van der Waals surface area contributed by atoms with Crippen LogP contribution in [-0.2, 0) is 0 Å². The first kappa shape index (κ1) is 16.3. The number of aliphatic hydroxyl groups excluding tert-OH is 1. The first-order chi connectivity index (χ1) is 9.29. The van der Waals surface area contributed by atoms with E-state index in [1.165, 1.54) is 7.11 Å². The summed E-state index contributed by atoms with van der Waals surface area (Å²) >= 11 is 0. The number of amides is 1. The highest BCUT2D eigenvalue weighted by Gasteiger charge is 2.26. The Labute approximate surface area is 120 Å². The second kappa shape index (κ2) is 6.61. The molecule has 0 aromatic heterocycles. The van der Waals surface area contributed by atoms with Crippen molar-refractivity contribution in [2.45, 2.75) is 33.2 Å². The van der Waals surface area contributed by atoms with E-state index < -0.39 is 0 Å². The van der Waals surface area contributed by atoms with Gasteiger partial charge in [0.15, 0.2) is 0 Å². The van der Waals surface area contributed by atoms with Gasteiger partial charge in [0.05, 0.1) is 12.8 Å². The molecule has 0 fully saturated rings. The number of benzene rings is 1. The smallest absolute Gasteiger partial charge is 0.251 e. The molecule has 1 aromatic rings. The third-order valence-corrected chi connectivity index (χ3v) is 3.26. The zero-order valence-electron chi connectivity index (χ0n) is 12.6. The van der Waals surface area contributed by atoms with E-state index in [1.54, 1.807) is 18.2 Å². The lowest BCUT2D eigenvalue weighted by Gasteiger charge is -2.31.